The van der Waals surface area contributed by atoms with Crippen LogP contribution in [-0.2, 0) is 6.42 Å². The number of rotatable bonds is 2. The van der Waals surface area contributed by atoms with Crippen molar-refractivity contribution in [1.82, 2.24) is 4.98 Å². The Balaban J connectivity index is 2.19. The van der Waals surface area contributed by atoms with Crippen LogP contribution >= 0.6 is 0 Å². The third-order valence-electron chi connectivity index (χ3n) is 3.75. The van der Waals surface area contributed by atoms with Gasteiger partial charge in [0.15, 0.2) is 0 Å². The molecule has 0 bridgehead atoms. The van der Waals surface area contributed by atoms with Crippen molar-refractivity contribution in [3.8, 4) is 0 Å². The van der Waals surface area contributed by atoms with Gasteiger partial charge in [0, 0.05) is 17.9 Å². The highest BCUT2D eigenvalue weighted by Crippen LogP contribution is 2.36. The fraction of sp³-hybridized carbons (Fsp3) is 0.250. The molecule has 1 aliphatic rings. The van der Waals surface area contributed by atoms with Crippen LogP contribution in [0.4, 0.5) is 11.4 Å². The van der Waals surface area contributed by atoms with Gasteiger partial charge in [0.2, 0.25) is 0 Å². The van der Waals surface area contributed by atoms with Crippen LogP contribution in [0.25, 0.3) is 0 Å². The molecule has 3 rings (SSSR count). The molecule has 2 aromatic rings. The molecular formula is C16H18N4. The second-order valence-electron chi connectivity index (χ2n) is 5.19. The lowest BCUT2D eigenvalue weighted by molar-refractivity contribution is 0.983. The Bertz CT molecular complexity index is 691. The molecule has 0 atom stereocenters. The fourth-order valence-corrected chi connectivity index (χ4v) is 2.94. The van der Waals surface area contributed by atoms with Gasteiger partial charge in [-0.05, 0) is 38.0 Å². The van der Waals surface area contributed by atoms with Crippen LogP contribution in [0.1, 0.15) is 22.5 Å². The van der Waals surface area contributed by atoms with Gasteiger partial charge in [-0.25, -0.2) is 0 Å². The lowest BCUT2D eigenvalue weighted by atomic mass is 10.1. The first kappa shape index (κ1) is 12.7. The number of benzene rings is 1. The second-order valence-corrected chi connectivity index (χ2v) is 5.19. The molecule has 102 valence electrons. The number of aromatic nitrogens is 1. The highest BCUT2D eigenvalue weighted by molar-refractivity contribution is 6.02. The second kappa shape index (κ2) is 4.63. The van der Waals surface area contributed by atoms with Gasteiger partial charge in [-0.3, -0.25) is 10.4 Å². The molecule has 0 unspecified atom stereocenters. The number of nitrogens with two attached hydrogens (primary N) is 1. The largest absolute Gasteiger partial charge is 0.384 e. The number of amidine groups is 1. The first-order valence-corrected chi connectivity index (χ1v) is 6.76. The Morgan fingerprint density at radius 3 is 2.75 bits per heavy atom. The number of nitrogens with zero attached hydrogens (tertiary/aromatic N) is 2. The number of nitrogen functional groups attached to an aromatic ring is 1. The van der Waals surface area contributed by atoms with Crippen molar-refractivity contribution in [3.05, 3.63) is 52.8 Å². The zero-order valence-corrected chi connectivity index (χ0v) is 11.8. The summed E-state index contributed by atoms with van der Waals surface area (Å²) in [5.74, 6) is 0.0781. The van der Waals surface area contributed by atoms with Gasteiger partial charge in [-0.15, -0.1) is 0 Å². The lowest BCUT2D eigenvalue weighted by Gasteiger charge is -2.24. The molecule has 1 aromatic carbocycles. The summed E-state index contributed by atoms with van der Waals surface area (Å²) in [5, 5.41) is 7.85. The van der Waals surface area contributed by atoms with Crippen LogP contribution in [0.15, 0.2) is 30.3 Å². The number of hydrogen-bond acceptors (Lipinski definition) is 3. The summed E-state index contributed by atoms with van der Waals surface area (Å²) < 4.78 is 0. The predicted octanol–water partition coefficient (Wildman–Crippen LogP) is 2.68. The van der Waals surface area contributed by atoms with Gasteiger partial charge in [-0.1, -0.05) is 18.2 Å². The van der Waals surface area contributed by atoms with Gasteiger partial charge in [-0.2, -0.15) is 0 Å². The molecule has 1 aromatic heterocycles. The van der Waals surface area contributed by atoms with E-state index in [0.29, 0.717) is 0 Å². The van der Waals surface area contributed by atoms with E-state index in [0.717, 1.165) is 35.6 Å². The van der Waals surface area contributed by atoms with Gasteiger partial charge in [0.05, 0.1) is 16.9 Å². The molecule has 20 heavy (non-hydrogen) atoms. The Labute approximate surface area is 118 Å². The quantitative estimate of drug-likeness (QED) is 0.648. The first-order valence-electron chi connectivity index (χ1n) is 6.76. The van der Waals surface area contributed by atoms with Crippen molar-refractivity contribution in [2.24, 2.45) is 5.73 Å². The maximum Gasteiger partial charge on any atom is 0.126 e. The van der Waals surface area contributed by atoms with Crippen molar-refractivity contribution in [3.63, 3.8) is 0 Å². The number of pyridine rings is 1. The van der Waals surface area contributed by atoms with Crippen LogP contribution in [0.2, 0.25) is 0 Å². The van der Waals surface area contributed by atoms with Crippen molar-refractivity contribution in [1.29, 1.82) is 5.41 Å². The van der Waals surface area contributed by atoms with Crippen LogP contribution in [0, 0.1) is 19.3 Å². The highest BCUT2D eigenvalue weighted by Gasteiger charge is 2.24. The summed E-state index contributed by atoms with van der Waals surface area (Å²) in [6.45, 7) is 4.81. The first-order chi connectivity index (χ1) is 9.58. The maximum atomic E-state index is 7.85. The van der Waals surface area contributed by atoms with E-state index in [2.05, 4.69) is 28.1 Å². The van der Waals surface area contributed by atoms with E-state index in [4.69, 9.17) is 11.1 Å². The number of hydrogen-bond donors (Lipinski definition) is 2. The molecule has 4 heteroatoms. The topological polar surface area (TPSA) is 66.0 Å². The molecule has 2 heterocycles. The normalized spacial score (nSPS) is 13.4. The summed E-state index contributed by atoms with van der Waals surface area (Å²) in [5.41, 5.74) is 11.8. The van der Waals surface area contributed by atoms with E-state index in [1.54, 1.807) is 0 Å². The Morgan fingerprint density at radius 1 is 1.25 bits per heavy atom. The molecule has 0 amide bonds. The molecule has 0 spiro atoms. The molecular weight excluding hydrogens is 248 g/mol. The number of nitrogens with one attached hydrogen (secondary N) is 1. The van der Waals surface area contributed by atoms with Crippen molar-refractivity contribution >= 4 is 17.2 Å². The lowest BCUT2D eigenvalue weighted by Crippen LogP contribution is -2.22. The molecule has 0 saturated carbocycles. The number of fused-ring (bicyclic) bond motifs is 1. The van der Waals surface area contributed by atoms with Gasteiger partial charge in [0.1, 0.15) is 5.84 Å². The molecule has 0 saturated heterocycles. The predicted molar refractivity (Wildman–Crippen MR) is 81.9 cm³/mol. The smallest absolute Gasteiger partial charge is 0.126 e. The third-order valence-corrected chi connectivity index (χ3v) is 3.75. The molecule has 0 fully saturated rings. The molecule has 0 radical (unpaired) electrons. The summed E-state index contributed by atoms with van der Waals surface area (Å²) in [7, 11) is 0. The minimum absolute atomic E-state index is 0.0781. The number of anilines is 2. The maximum absolute atomic E-state index is 7.85. The number of aryl methyl sites for hydroxylation is 2. The summed E-state index contributed by atoms with van der Waals surface area (Å²) in [6.07, 6.45) is 1.02. The molecule has 1 aliphatic heterocycles. The van der Waals surface area contributed by atoms with Gasteiger partial charge >= 0.3 is 0 Å². The van der Waals surface area contributed by atoms with Crippen LogP contribution in [0.5, 0.6) is 0 Å². The molecule has 4 nitrogen and oxygen atoms in total. The Hall–Kier alpha value is -2.36. The van der Waals surface area contributed by atoms with E-state index in [9.17, 15) is 0 Å². The molecule has 0 aliphatic carbocycles. The minimum Gasteiger partial charge on any atom is -0.384 e. The average Bonchev–Trinajstić information content (AvgIpc) is 2.80. The minimum atomic E-state index is 0.0781. The zero-order valence-electron chi connectivity index (χ0n) is 11.8. The van der Waals surface area contributed by atoms with Crippen LogP contribution in [0.3, 0.4) is 0 Å². The van der Waals surface area contributed by atoms with Gasteiger partial charge in [0.25, 0.3) is 0 Å². The number of para-hydroxylation sites is 1. The SMILES string of the molecule is Cc1cc(N2CCc3ccccc32)c(C(=N)N)c(C)n1. The van der Waals surface area contributed by atoms with Crippen molar-refractivity contribution in [2.75, 3.05) is 11.4 Å². The Kier molecular flexibility index (Phi) is 2.93. The Morgan fingerprint density at radius 2 is 2.00 bits per heavy atom. The van der Waals surface area contributed by atoms with E-state index in [1.165, 1.54) is 11.3 Å². The van der Waals surface area contributed by atoms with Crippen LogP contribution < -0.4 is 10.6 Å². The monoisotopic (exact) mass is 266 g/mol. The standard InChI is InChI=1S/C16H18N4/c1-10-9-14(15(16(17)18)11(2)19-10)20-8-7-12-5-3-4-6-13(12)20/h3-6,9H,7-8H2,1-2H3,(H3,17,18). The van der Waals surface area contributed by atoms with Crippen molar-refractivity contribution < 1.29 is 0 Å². The third kappa shape index (κ3) is 1.93. The highest BCUT2D eigenvalue weighted by atomic mass is 15.2. The average molecular weight is 266 g/mol. The van der Waals surface area contributed by atoms with Gasteiger partial charge < -0.3 is 10.6 Å². The summed E-state index contributed by atoms with van der Waals surface area (Å²) in [4.78, 5) is 6.68. The van der Waals surface area contributed by atoms with Crippen molar-refractivity contribution in [2.45, 2.75) is 20.3 Å². The zero-order chi connectivity index (χ0) is 14.3. The molecule has 3 N–H and O–H groups in total. The van der Waals surface area contributed by atoms with E-state index < -0.39 is 0 Å². The fourth-order valence-electron chi connectivity index (χ4n) is 2.94. The van der Waals surface area contributed by atoms with E-state index in [-0.39, 0.29) is 5.84 Å². The summed E-state index contributed by atoms with van der Waals surface area (Å²) in [6, 6.07) is 10.4. The van der Waals surface area contributed by atoms with E-state index in [1.807, 2.05) is 26.0 Å². The van der Waals surface area contributed by atoms with E-state index >= 15 is 0 Å². The van der Waals surface area contributed by atoms with Crippen LogP contribution in [-0.4, -0.2) is 17.4 Å². The summed E-state index contributed by atoms with van der Waals surface area (Å²) >= 11 is 0.